The minimum Gasteiger partial charge on any atom is -0.379 e. The number of Topliss-reactive ketones (excluding diaryl/α,β-unsaturated/α-hetero) is 1. The van der Waals surface area contributed by atoms with Crippen molar-refractivity contribution in [2.45, 2.75) is 26.4 Å². The van der Waals surface area contributed by atoms with Gasteiger partial charge < -0.3 is 9.47 Å². The maximum Gasteiger partial charge on any atom is 0.162 e. The fraction of sp³-hybridized carbons (Fsp3) is 0.500. The maximum absolute atomic E-state index is 12.7. The number of carbonyl (C=O) groups excluding carboxylic acids is 1. The van der Waals surface area contributed by atoms with Crippen LogP contribution in [0.4, 0.5) is 4.39 Å². The van der Waals surface area contributed by atoms with Crippen LogP contribution >= 0.6 is 0 Å². The number of halogens is 1. The number of benzene rings is 1. The van der Waals surface area contributed by atoms with Crippen molar-refractivity contribution < 1.29 is 18.7 Å². The van der Waals surface area contributed by atoms with E-state index in [-0.39, 0.29) is 30.7 Å². The average Bonchev–Trinajstić information content (AvgIpc) is 2.36. The van der Waals surface area contributed by atoms with E-state index in [1.54, 1.807) is 12.1 Å². The Hall–Kier alpha value is -1.26. The van der Waals surface area contributed by atoms with Crippen LogP contribution < -0.4 is 0 Å². The molecule has 4 heteroatoms. The van der Waals surface area contributed by atoms with Gasteiger partial charge in [0.2, 0.25) is 0 Å². The molecule has 1 unspecified atom stereocenters. The molecule has 0 saturated heterocycles. The zero-order valence-electron chi connectivity index (χ0n) is 10.8. The van der Waals surface area contributed by atoms with Crippen LogP contribution in [0, 0.1) is 5.82 Å². The van der Waals surface area contributed by atoms with E-state index in [0.717, 1.165) is 5.56 Å². The molecule has 0 fully saturated rings. The van der Waals surface area contributed by atoms with Crippen LogP contribution in [-0.2, 0) is 20.7 Å². The van der Waals surface area contributed by atoms with E-state index in [4.69, 9.17) is 9.47 Å². The Morgan fingerprint density at radius 3 is 2.61 bits per heavy atom. The highest BCUT2D eigenvalue weighted by molar-refractivity contribution is 5.82. The van der Waals surface area contributed by atoms with Gasteiger partial charge in [0.25, 0.3) is 0 Å². The van der Waals surface area contributed by atoms with Gasteiger partial charge in [-0.3, -0.25) is 4.79 Å². The van der Waals surface area contributed by atoms with E-state index in [0.29, 0.717) is 13.2 Å². The lowest BCUT2D eigenvalue weighted by Crippen LogP contribution is -2.21. The molecule has 0 bridgehead atoms. The monoisotopic (exact) mass is 254 g/mol. The summed E-state index contributed by atoms with van der Waals surface area (Å²) in [4.78, 5) is 11.6. The third-order valence-electron chi connectivity index (χ3n) is 2.40. The van der Waals surface area contributed by atoms with Crippen molar-refractivity contribution >= 4 is 5.78 Å². The highest BCUT2D eigenvalue weighted by Crippen LogP contribution is 2.04. The van der Waals surface area contributed by atoms with Gasteiger partial charge in [0.1, 0.15) is 12.4 Å². The SMILES string of the molecule is CCOCC(C)OCC(=O)Cc1ccc(F)cc1. The summed E-state index contributed by atoms with van der Waals surface area (Å²) in [6.45, 7) is 4.95. The maximum atomic E-state index is 12.7. The fourth-order valence-electron chi connectivity index (χ4n) is 1.45. The van der Waals surface area contributed by atoms with Crippen molar-refractivity contribution in [3.8, 4) is 0 Å². The summed E-state index contributed by atoms with van der Waals surface area (Å²) >= 11 is 0. The van der Waals surface area contributed by atoms with E-state index in [2.05, 4.69) is 0 Å². The Morgan fingerprint density at radius 2 is 2.00 bits per heavy atom. The summed E-state index contributed by atoms with van der Waals surface area (Å²) in [6.07, 6.45) is 0.170. The number of ketones is 1. The van der Waals surface area contributed by atoms with Gasteiger partial charge in [0.05, 0.1) is 12.7 Å². The molecular weight excluding hydrogens is 235 g/mol. The van der Waals surface area contributed by atoms with Crippen molar-refractivity contribution in [2.75, 3.05) is 19.8 Å². The van der Waals surface area contributed by atoms with E-state index in [1.165, 1.54) is 12.1 Å². The molecule has 0 spiro atoms. The van der Waals surface area contributed by atoms with Gasteiger partial charge in [-0.15, -0.1) is 0 Å². The van der Waals surface area contributed by atoms with Crippen LogP contribution in [0.5, 0.6) is 0 Å². The highest BCUT2D eigenvalue weighted by Gasteiger charge is 2.08. The zero-order valence-corrected chi connectivity index (χ0v) is 10.8. The van der Waals surface area contributed by atoms with Gasteiger partial charge >= 0.3 is 0 Å². The van der Waals surface area contributed by atoms with Gasteiger partial charge in [-0.2, -0.15) is 0 Å². The van der Waals surface area contributed by atoms with Gasteiger partial charge in [0, 0.05) is 13.0 Å². The number of rotatable bonds is 8. The molecule has 0 radical (unpaired) electrons. The first kappa shape index (κ1) is 14.8. The molecule has 0 aliphatic heterocycles. The molecule has 0 N–H and O–H groups in total. The third kappa shape index (κ3) is 5.89. The largest absolute Gasteiger partial charge is 0.379 e. The van der Waals surface area contributed by atoms with E-state index < -0.39 is 0 Å². The number of hydrogen-bond donors (Lipinski definition) is 0. The van der Waals surface area contributed by atoms with Crippen LogP contribution in [0.25, 0.3) is 0 Å². The normalized spacial score (nSPS) is 12.4. The van der Waals surface area contributed by atoms with Crippen LogP contribution in [0.3, 0.4) is 0 Å². The first-order chi connectivity index (χ1) is 8.61. The van der Waals surface area contributed by atoms with Crippen LogP contribution in [0.1, 0.15) is 19.4 Å². The predicted molar refractivity (Wildman–Crippen MR) is 67.0 cm³/mol. The molecule has 0 aliphatic carbocycles. The van der Waals surface area contributed by atoms with Crippen molar-refractivity contribution in [3.05, 3.63) is 35.6 Å². The molecule has 1 rings (SSSR count). The Labute approximate surface area is 107 Å². The molecule has 0 aromatic heterocycles. The number of hydrogen-bond acceptors (Lipinski definition) is 3. The van der Waals surface area contributed by atoms with Crippen LogP contribution in [0.15, 0.2) is 24.3 Å². The van der Waals surface area contributed by atoms with Crippen molar-refractivity contribution in [3.63, 3.8) is 0 Å². The minimum atomic E-state index is -0.298. The standard InChI is InChI=1S/C14H19FO3/c1-3-17-9-11(2)18-10-14(16)8-12-4-6-13(15)7-5-12/h4-7,11H,3,8-10H2,1-2H3. The predicted octanol–water partition coefficient (Wildman–Crippen LogP) is 2.38. The van der Waals surface area contributed by atoms with Crippen molar-refractivity contribution in [2.24, 2.45) is 0 Å². The average molecular weight is 254 g/mol. The molecule has 1 atom stereocenters. The second-order valence-electron chi connectivity index (χ2n) is 4.12. The zero-order chi connectivity index (χ0) is 13.4. The molecule has 0 amide bonds. The van der Waals surface area contributed by atoms with Crippen LogP contribution in [0.2, 0.25) is 0 Å². The molecule has 100 valence electrons. The van der Waals surface area contributed by atoms with Gasteiger partial charge in [-0.05, 0) is 31.5 Å². The lowest BCUT2D eigenvalue weighted by atomic mass is 10.1. The Morgan fingerprint density at radius 1 is 1.33 bits per heavy atom. The minimum absolute atomic E-state index is 0.0232. The van der Waals surface area contributed by atoms with Gasteiger partial charge in [0.15, 0.2) is 5.78 Å². The molecule has 0 aliphatic rings. The smallest absolute Gasteiger partial charge is 0.162 e. The quantitative estimate of drug-likeness (QED) is 0.714. The van der Waals surface area contributed by atoms with E-state index in [9.17, 15) is 9.18 Å². The second kappa shape index (κ2) is 7.95. The van der Waals surface area contributed by atoms with E-state index in [1.807, 2.05) is 13.8 Å². The molecule has 1 aromatic carbocycles. The molecule has 0 heterocycles. The van der Waals surface area contributed by atoms with Gasteiger partial charge in [-0.1, -0.05) is 12.1 Å². The Kier molecular flexibility index (Phi) is 6.54. The lowest BCUT2D eigenvalue weighted by molar-refractivity contribution is -0.125. The van der Waals surface area contributed by atoms with Crippen LogP contribution in [-0.4, -0.2) is 31.7 Å². The summed E-state index contributed by atoms with van der Waals surface area (Å²) in [5, 5.41) is 0. The highest BCUT2D eigenvalue weighted by atomic mass is 19.1. The Bertz CT molecular complexity index is 362. The third-order valence-corrected chi connectivity index (χ3v) is 2.40. The van der Waals surface area contributed by atoms with Gasteiger partial charge in [-0.25, -0.2) is 4.39 Å². The summed E-state index contributed by atoms with van der Waals surface area (Å²) in [6, 6.07) is 5.91. The summed E-state index contributed by atoms with van der Waals surface area (Å²) in [7, 11) is 0. The summed E-state index contributed by atoms with van der Waals surface area (Å²) in [5.41, 5.74) is 0.794. The topological polar surface area (TPSA) is 35.5 Å². The molecule has 1 aromatic rings. The first-order valence-electron chi connectivity index (χ1n) is 6.07. The molecule has 18 heavy (non-hydrogen) atoms. The van der Waals surface area contributed by atoms with E-state index >= 15 is 0 Å². The summed E-state index contributed by atoms with van der Waals surface area (Å²) < 4.78 is 23.2. The fourth-order valence-corrected chi connectivity index (χ4v) is 1.45. The Balaban J connectivity index is 2.27. The molecular formula is C14H19FO3. The van der Waals surface area contributed by atoms with Crippen molar-refractivity contribution in [1.29, 1.82) is 0 Å². The first-order valence-corrected chi connectivity index (χ1v) is 6.07. The lowest BCUT2D eigenvalue weighted by Gasteiger charge is -2.12. The molecule has 3 nitrogen and oxygen atoms in total. The van der Waals surface area contributed by atoms with Crippen molar-refractivity contribution in [1.82, 2.24) is 0 Å². The second-order valence-corrected chi connectivity index (χ2v) is 4.12. The molecule has 0 saturated carbocycles. The number of ether oxygens (including phenoxy) is 2. The number of carbonyl (C=O) groups is 1. The summed E-state index contributed by atoms with van der Waals surface area (Å²) in [5.74, 6) is -0.322.